The van der Waals surface area contributed by atoms with Gasteiger partial charge in [0.1, 0.15) is 0 Å². The van der Waals surface area contributed by atoms with Gasteiger partial charge in [0.05, 0.1) is 0 Å². The van der Waals surface area contributed by atoms with Crippen LogP contribution in [-0.2, 0) is 40.1 Å². The zero-order valence-corrected chi connectivity index (χ0v) is 31.6. The summed E-state index contributed by atoms with van der Waals surface area (Å²) in [4.78, 5) is 0. The van der Waals surface area contributed by atoms with Crippen molar-refractivity contribution in [2.45, 2.75) is 96.8 Å². The third kappa shape index (κ3) is 11.6. The van der Waals surface area contributed by atoms with Crippen LogP contribution in [0.4, 0.5) is 0 Å². The molecule has 260 valence electrons. The molecule has 0 aliphatic carbocycles. The van der Waals surface area contributed by atoms with Crippen LogP contribution in [0.3, 0.4) is 0 Å². The van der Waals surface area contributed by atoms with Crippen LogP contribution in [-0.4, -0.2) is 4.70 Å². The van der Waals surface area contributed by atoms with Gasteiger partial charge in [0, 0.05) is 33.9 Å². The van der Waals surface area contributed by atoms with Gasteiger partial charge in [-0.15, -0.1) is 11.8 Å². The predicted octanol–water partition coefficient (Wildman–Crippen LogP) is 12.3. The summed E-state index contributed by atoms with van der Waals surface area (Å²) in [5.41, 5.74) is 23.7. The van der Waals surface area contributed by atoms with Crippen LogP contribution in [0.1, 0.15) is 105 Å². The Morgan fingerprint density at radius 3 is 1.62 bits per heavy atom. The van der Waals surface area contributed by atoms with Crippen LogP contribution in [0.15, 0.2) is 109 Å². The van der Waals surface area contributed by atoms with E-state index >= 15 is 0 Å². The van der Waals surface area contributed by atoms with E-state index in [2.05, 4.69) is 142 Å². The Morgan fingerprint density at radius 1 is 0.600 bits per heavy atom. The van der Waals surface area contributed by atoms with Crippen molar-refractivity contribution in [1.82, 2.24) is 0 Å². The molecule has 4 aromatic rings. The van der Waals surface area contributed by atoms with Crippen molar-refractivity contribution in [2.75, 3.05) is 0 Å². The minimum absolute atomic E-state index is 0.844. The SMILES string of the molecule is CC#Cc1cc(C#CC)cc(C2=C(CCCCC)C=C(c3cc(CC)cc(CC)c3)[N+]2=[N-])c1.c1ccc(C[CH2][Ni][CH2]Cc2ccccc2)cc1. The van der Waals surface area contributed by atoms with Gasteiger partial charge in [-0.05, 0) is 81.0 Å². The Bertz CT molecular complexity index is 1790. The van der Waals surface area contributed by atoms with Gasteiger partial charge in [-0.25, -0.2) is 4.70 Å². The normalized spacial score (nSPS) is 12.0. The number of benzene rings is 4. The van der Waals surface area contributed by atoms with E-state index in [1.807, 2.05) is 34.4 Å². The summed E-state index contributed by atoms with van der Waals surface area (Å²) in [6.45, 7) is 10.2. The van der Waals surface area contributed by atoms with E-state index in [0.29, 0.717) is 0 Å². The monoisotopic (exact) mass is 702 g/mol. The summed E-state index contributed by atoms with van der Waals surface area (Å²) in [7, 11) is 0. The zero-order valence-electron chi connectivity index (χ0n) is 30.6. The molecule has 50 heavy (non-hydrogen) atoms. The Labute approximate surface area is 308 Å². The maximum absolute atomic E-state index is 11.5. The second kappa shape index (κ2) is 20.9. The molecule has 0 radical (unpaired) electrons. The topological polar surface area (TPSA) is 25.3 Å². The number of nitrogens with zero attached hydrogens (tertiary/aromatic N) is 2. The fourth-order valence-electron chi connectivity index (χ4n) is 6.00. The van der Waals surface area contributed by atoms with Crippen LogP contribution in [0, 0.1) is 23.7 Å². The molecule has 5 rings (SSSR count). The van der Waals surface area contributed by atoms with E-state index in [4.69, 9.17) is 0 Å². The molecular formula is C47H52N2Ni. The first-order chi connectivity index (χ1) is 24.5. The average Bonchev–Trinajstić information content (AvgIpc) is 3.48. The molecule has 4 aromatic carbocycles. The zero-order chi connectivity index (χ0) is 35.6. The first-order valence-corrected chi connectivity index (χ1v) is 19.5. The van der Waals surface area contributed by atoms with Crippen LogP contribution >= 0.6 is 0 Å². The molecule has 0 bridgehead atoms. The second-order valence-electron chi connectivity index (χ2n) is 12.4. The molecule has 0 atom stereocenters. The fourth-order valence-corrected chi connectivity index (χ4v) is 7.17. The average molecular weight is 704 g/mol. The van der Waals surface area contributed by atoms with Crippen molar-refractivity contribution in [3.05, 3.63) is 159 Å². The van der Waals surface area contributed by atoms with Crippen molar-refractivity contribution >= 4 is 11.4 Å². The van der Waals surface area contributed by atoms with E-state index in [9.17, 15) is 5.53 Å². The minimum atomic E-state index is 0.844. The van der Waals surface area contributed by atoms with Gasteiger partial charge >= 0.3 is 110 Å². The van der Waals surface area contributed by atoms with Gasteiger partial charge in [0.25, 0.3) is 0 Å². The predicted molar refractivity (Wildman–Crippen MR) is 209 cm³/mol. The van der Waals surface area contributed by atoms with Crippen LogP contribution < -0.4 is 0 Å². The molecule has 1 aliphatic heterocycles. The van der Waals surface area contributed by atoms with E-state index in [0.717, 1.165) is 71.3 Å². The molecular weight excluding hydrogens is 651 g/mol. The summed E-state index contributed by atoms with van der Waals surface area (Å²) < 4.78 is 1.39. The molecule has 2 nitrogen and oxygen atoms in total. The standard InChI is InChI=1S/C31H34N2.2C8H9.Ni/c1-6-11-12-15-27-22-30(28-18-23(9-4)16-24(10-5)19-28)33(32)31(27)29-20-25(13-7-2)17-26(21-29)14-8-3;2*1-2-8-6-4-3-5-7-8;/h16-22H,6,9-12,15H2,1-5H3;2*3-7H,1-2H2;. The van der Waals surface area contributed by atoms with Crippen LogP contribution in [0.5, 0.6) is 0 Å². The second-order valence-corrected chi connectivity index (χ2v) is 13.9. The number of allylic oxidation sites excluding steroid dienone is 2. The van der Waals surface area contributed by atoms with Crippen LogP contribution in [0.25, 0.3) is 16.9 Å². The van der Waals surface area contributed by atoms with Gasteiger partial charge < -0.3 is 5.53 Å². The molecule has 1 aliphatic rings. The summed E-state index contributed by atoms with van der Waals surface area (Å²) >= 11 is 1.86. The maximum atomic E-state index is 11.5. The Balaban J connectivity index is 0.000000276. The van der Waals surface area contributed by atoms with Gasteiger partial charge in [0.2, 0.25) is 11.4 Å². The summed E-state index contributed by atoms with van der Waals surface area (Å²) in [6, 6.07) is 34.3. The van der Waals surface area contributed by atoms with Crippen molar-refractivity contribution in [3.8, 4) is 23.7 Å². The Hall–Kier alpha value is -4.43. The van der Waals surface area contributed by atoms with Crippen molar-refractivity contribution < 1.29 is 19.1 Å². The molecule has 1 heterocycles. The molecule has 0 fully saturated rings. The Kier molecular flexibility index (Phi) is 16.1. The molecule has 0 saturated carbocycles. The van der Waals surface area contributed by atoms with E-state index in [1.54, 1.807) is 0 Å². The molecule has 0 saturated heterocycles. The number of rotatable bonds is 14. The van der Waals surface area contributed by atoms with Gasteiger partial charge in [0.15, 0.2) is 0 Å². The Morgan fingerprint density at radius 2 is 1.14 bits per heavy atom. The number of hydrogen-bond donors (Lipinski definition) is 0. The molecule has 0 amide bonds. The van der Waals surface area contributed by atoms with E-state index in [-0.39, 0.29) is 0 Å². The van der Waals surface area contributed by atoms with E-state index < -0.39 is 0 Å². The van der Waals surface area contributed by atoms with Crippen molar-refractivity contribution in [3.63, 3.8) is 0 Å². The quantitative estimate of drug-likeness (QED) is 0.0541. The first kappa shape index (κ1) is 38.4. The van der Waals surface area contributed by atoms with E-state index in [1.165, 1.54) is 57.0 Å². The summed E-state index contributed by atoms with van der Waals surface area (Å²) in [5.74, 6) is 12.3. The fraction of sp³-hybridized carbons (Fsp3) is 0.319. The van der Waals surface area contributed by atoms with Crippen molar-refractivity contribution in [1.29, 1.82) is 0 Å². The van der Waals surface area contributed by atoms with Crippen LogP contribution in [0.2, 0.25) is 10.8 Å². The molecule has 0 N–H and O–H groups in total. The molecule has 0 unspecified atom stereocenters. The first-order valence-electron chi connectivity index (χ1n) is 18.1. The number of hydrogen-bond acceptors (Lipinski definition) is 0. The van der Waals surface area contributed by atoms with Gasteiger partial charge in [-0.3, -0.25) is 0 Å². The number of unbranched alkanes of at least 4 members (excludes halogenated alkanes) is 2. The van der Waals surface area contributed by atoms with Gasteiger partial charge in [-0.2, -0.15) is 0 Å². The molecule has 0 aromatic heterocycles. The molecule has 0 spiro atoms. The van der Waals surface area contributed by atoms with Gasteiger partial charge in [-0.1, -0.05) is 51.5 Å². The summed E-state index contributed by atoms with van der Waals surface area (Å²) in [6.07, 6.45) is 10.9. The number of aryl methyl sites for hydroxylation is 4. The summed E-state index contributed by atoms with van der Waals surface area (Å²) in [5, 5.41) is 2.48. The third-order valence-corrected chi connectivity index (χ3v) is 9.85. The molecule has 3 heteroatoms. The third-order valence-electron chi connectivity index (χ3n) is 8.66. The van der Waals surface area contributed by atoms with Crippen molar-refractivity contribution in [2.24, 2.45) is 0 Å².